The van der Waals surface area contributed by atoms with Gasteiger partial charge < -0.3 is 9.64 Å². The van der Waals surface area contributed by atoms with E-state index in [1.807, 2.05) is 4.90 Å². The Kier molecular flexibility index (Phi) is 2.42. The first kappa shape index (κ1) is 12.5. The summed E-state index contributed by atoms with van der Waals surface area (Å²) in [7, 11) is 0. The van der Waals surface area contributed by atoms with Crippen molar-refractivity contribution in [1.29, 1.82) is 0 Å². The van der Waals surface area contributed by atoms with E-state index in [0.717, 1.165) is 32.5 Å². The van der Waals surface area contributed by atoms with Gasteiger partial charge in [0.1, 0.15) is 0 Å². The molecule has 1 aliphatic heterocycles. The molecule has 0 aromatic heterocycles. The molecule has 4 bridgehead atoms. The van der Waals surface area contributed by atoms with Gasteiger partial charge in [0, 0.05) is 23.9 Å². The van der Waals surface area contributed by atoms with Crippen molar-refractivity contribution in [2.45, 2.75) is 52.6 Å². The van der Waals surface area contributed by atoms with Gasteiger partial charge >= 0.3 is 0 Å². The van der Waals surface area contributed by atoms with Crippen LogP contribution in [0.15, 0.2) is 0 Å². The Morgan fingerprint density at radius 2 is 2.00 bits per heavy atom. The van der Waals surface area contributed by atoms with Crippen molar-refractivity contribution in [3.63, 3.8) is 0 Å². The van der Waals surface area contributed by atoms with Crippen molar-refractivity contribution in [3.05, 3.63) is 0 Å². The van der Waals surface area contributed by atoms with E-state index in [0.29, 0.717) is 5.92 Å². The minimum atomic E-state index is -0.503. The molecule has 3 fully saturated rings. The molecule has 18 heavy (non-hydrogen) atoms. The quantitative estimate of drug-likeness (QED) is 0.771. The van der Waals surface area contributed by atoms with E-state index in [-0.39, 0.29) is 16.7 Å². The maximum atomic E-state index is 12.9. The third-order valence-electron chi connectivity index (χ3n) is 6.59. The molecule has 0 aromatic rings. The van der Waals surface area contributed by atoms with Crippen LogP contribution in [-0.2, 0) is 9.53 Å². The van der Waals surface area contributed by atoms with Crippen LogP contribution >= 0.6 is 0 Å². The van der Waals surface area contributed by atoms with Crippen LogP contribution in [0.2, 0.25) is 0 Å². The van der Waals surface area contributed by atoms with Crippen LogP contribution < -0.4 is 0 Å². The molecule has 3 nitrogen and oxygen atoms in total. The molecule has 4 atom stereocenters. The molecule has 1 saturated heterocycles. The first-order valence-corrected chi connectivity index (χ1v) is 7.38. The van der Waals surface area contributed by atoms with Crippen molar-refractivity contribution in [2.24, 2.45) is 16.7 Å². The number of hydrogen-bond acceptors (Lipinski definition) is 2. The first-order chi connectivity index (χ1) is 8.45. The fourth-order valence-corrected chi connectivity index (χ4v) is 5.00. The molecular formula is C15H25NO2. The van der Waals surface area contributed by atoms with Gasteiger partial charge in [0.2, 0.25) is 0 Å². The summed E-state index contributed by atoms with van der Waals surface area (Å²) in [5, 5.41) is 0. The molecule has 2 aliphatic carbocycles. The molecule has 102 valence electrons. The van der Waals surface area contributed by atoms with Crippen molar-refractivity contribution in [3.8, 4) is 0 Å². The van der Waals surface area contributed by atoms with Crippen molar-refractivity contribution in [1.82, 2.24) is 4.90 Å². The number of ether oxygens (including phenoxy) is 1. The summed E-state index contributed by atoms with van der Waals surface area (Å²) in [6.45, 7) is 11.1. The Morgan fingerprint density at radius 1 is 1.33 bits per heavy atom. The maximum absolute atomic E-state index is 12.9. The van der Waals surface area contributed by atoms with Gasteiger partial charge in [0.25, 0.3) is 5.91 Å². The molecule has 0 N–H and O–H groups in total. The Bertz CT molecular complexity index is 392. The van der Waals surface area contributed by atoms with Crippen LogP contribution in [0, 0.1) is 16.7 Å². The Labute approximate surface area is 110 Å². The summed E-state index contributed by atoms with van der Waals surface area (Å²) in [4.78, 5) is 14.9. The molecule has 1 heterocycles. The Morgan fingerprint density at radius 3 is 2.50 bits per heavy atom. The van der Waals surface area contributed by atoms with E-state index in [1.165, 1.54) is 6.42 Å². The summed E-state index contributed by atoms with van der Waals surface area (Å²) in [5.74, 6) is 0.941. The molecule has 0 radical (unpaired) electrons. The Balaban J connectivity index is 2.00. The molecule has 2 saturated carbocycles. The standard InChI is InChI=1S/C15H25NO2/c1-5-16(6-2)12(17)15-9-11-7-8-14(15,4)13(11,3)10-18-15/h11H,5-10H2,1-4H3/t11-,13+,14+,15-/m0/s1. The highest BCUT2D eigenvalue weighted by atomic mass is 16.5. The van der Waals surface area contributed by atoms with Gasteiger partial charge in [-0.1, -0.05) is 13.8 Å². The van der Waals surface area contributed by atoms with Crippen molar-refractivity contribution >= 4 is 5.91 Å². The summed E-state index contributed by atoms with van der Waals surface area (Å²) in [6.07, 6.45) is 3.39. The second kappa shape index (κ2) is 3.50. The third-order valence-corrected chi connectivity index (χ3v) is 6.59. The summed E-state index contributed by atoms with van der Waals surface area (Å²) < 4.78 is 6.13. The minimum absolute atomic E-state index is 0.0599. The van der Waals surface area contributed by atoms with E-state index >= 15 is 0 Å². The summed E-state index contributed by atoms with van der Waals surface area (Å²) >= 11 is 0. The normalized spacial score (nSPS) is 48.8. The lowest BCUT2D eigenvalue weighted by Crippen LogP contribution is -2.56. The lowest BCUT2D eigenvalue weighted by atomic mass is 9.66. The number of hydrogen-bond donors (Lipinski definition) is 0. The fraction of sp³-hybridized carbons (Fsp3) is 0.933. The number of carbonyl (C=O) groups excluding carboxylic acids is 1. The highest BCUT2D eigenvalue weighted by molar-refractivity contribution is 5.88. The topological polar surface area (TPSA) is 29.5 Å². The summed E-state index contributed by atoms with van der Waals surface area (Å²) in [5.41, 5.74) is -0.211. The van der Waals surface area contributed by atoms with Crippen LogP contribution in [0.25, 0.3) is 0 Å². The largest absolute Gasteiger partial charge is 0.364 e. The first-order valence-electron chi connectivity index (χ1n) is 7.38. The lowest BCUT2D eigenvalue weighted by molar-refractivity contribution is -0.166. The summed E-state index contributed by atoms with van der Waals surface area (Å²) in [6, 6.07) is 0. The lowest BCUT2D eigenvalue weighted by Gasteiger charge is -2.42. The number of nitrogens with zero attached hydrogens (tertiary/aromatic N) is 1. The number of likely N-dealkylation sites (N-methyl/N-ethyl adjacent to an activating group) is 1. The fourth-order valence-electron chi connectivity index (χ4n) is 5.00. The van der Waals surface area contributed by atoms with Crippen LogP contribution in [0.4, 0.5) is 0 Å². The third kappa shape index (κ3) is 1.05. The van der Waals surface area contributed by atoms with Gasteiger partial charge in [0.15, 0.2) is 5.60 Å². The van der Waals surface area contributed by atoms with Crippen LogP contribution in [-0.4, -0.2) is 36.1 Å². The van der Waals surface area contributed by atoms with Gasteiger partial charge in [-0.15, -0.1) is 0 Å². The van der Waals surface area contributed by atoms with E-state index in [9.17, 15) is 4.79 Å². The predicted octanol–water partition coefficient (Wildman–Crippen LogP) is 2.45. The number of amides is 1. The molecule has 3 heteroatoms. The van der Waals surface area contributed by atoms with Crippen molar-refractivity contribution < 1.29 is 9.53 Å². The zero-order valence-electron chi connectivity index (χ0n) is 12.1. The molecule has 0 unspecified atom stereocenters. The Hall–Kier alpha value is -0.570. The molecule has 0 spiro atoms. The average Bonchev–Trinajstić information content (AvgIpc) is 2.83. The van der Waals surface area contributed by atoms with Gasteiger partial charge in [-0.05, 0) is 39.0 Å². The monoisotopic (exact) mass is 251 g/mol. The maximum Gasteiger partial charge on any atom is 0.255 e. The molecular weight excluding hydrogens is 226 g/mol. The van der Waals surface area contributed by atoms with Crippen LogP contribution in [0.5, 0.6) is 0 Å². The molecule has 3 rings (SSSR count). The SMILES string of the molecule is CCN(CC)C(=O)[C@@]12C[C@@H]3CC[C@]1(C)[C@]3(C)CO2. The molecule has 3 aliphatic rings. The second-order valence-corrected chi connectivity index (χ2v) is 6.78. The van der Waals surface area contributed by atoms with Crippen LogP contribution in [0.1, 0.15) is 47.0 Å². The average molecular weight is 251 g/mol. The van der Waals surface area contributed by atoms with E-state index in [2.05, 4.69) is 27.7 Å². The molecule has 0 aromatic carbocycles. The predicted molar refractivity (Wildman–Crippen MR) is 70.2 cm³/mol. The highest BCUT2D eigenvalue weighted by Gasteiger charge is 2.78. The number of carbonyl (C=O) groups is 1. The number of rotatable bonds is 3. The van der Waals surface area contributed by atoms with E-state index < -0.39 is 5.60 Å². The van der Waals surface area contributed by atoms with E-state index in [4.69, 9.17) is 4.74 Å². The van der Waals surface area contributed by atoms with Gasteiger partial charge in [0.05, 0.1) is 6.61 Å². The molecule has 1 amide bonds. The van der Waals surface area contributed by atoms with Crippen molar-refractivity contribution in [2.75, 3.05) is 19.7 Å². The minimum Gasteiger partial charge on any atom is -0.364 e. The zero-order chi connectivity index (χ0) is 13.2. The second-order valence-electron chi connectivity index (χ2n) is 6.78. The van der Waals surface area contributed by atoms with E-state index in [1.54, 1.807) is 0 Å². The van der Waals surface area contributed by atoms with Crippen LogP contribution in [0.3, 0.4) is 0 Å². The van der Waals surface area contributed by atoms with Gasteiger partial charge in [-0.2, -0.15) is 0 Å². The van der Waals surface area contributed by atoms with Gasteiger partial charge in [-0.3, -0.25) is 4.79 Å². The highest BCUT2D eigenvalue weighted by Crippen LogP contribution is 2.75. The van der Waals surface area contributed by atoms with Gasteiger partial charge in [-0.25, -0.2) is 0 Å². The zero-order valence-corrected chi connectivity index (χ0v) is 12.1. The smallest absolute Gasteiger partial charge is 0.255 e.